The lowest BCUT2D eigenvalue weighted by atomic mass is 10.00. The van der Waals surface area contributed by atoms with Gasteiger partial charge in [-0.2, -0.15) is 0 Å². The minimum atomic E-state index is 0.00270. The molecule has 5 heteroatoms. The third-order valence-corrected chi connectivity index (χ3v) is 5.23. The topological polar surface area (TPSA) is 54.9 Å². The fourth-order valence-corrected chi connectivity index (χ4v) is 3.67. The highest BCUT2D eigenvalue weighted by molar-refractivity contribution is 7.98. The van der Waals surface area contributed by atoms with Crippen LogP contribution >= 0.6 is 11.8 Å². The molecule has 0 unspecified atom stereocenters. The largest absolute Gasteiger partial charge is 0.350 e. The van der Waals surface area contributed by atoms with Gasteiger partial charge in [-0.25, -0.2) is 9.97 Å². The van der Waals surface area contributed by atoms with Crippen LogP contribution in [0, 0.1) is 19.8 Å². The maximum atomic E-state index is 12.4. The molecule has 1 amide bonds. The number of amides is 1. The van der Waals surface area contributed by atoms with Crippen LogP contribution in [-0.2, 0) is 17.6 Å². The Bertz CT molecular complexity index is 749. The van der Waals surface area contributed by atoms with Gasteiger partial charge >= 0.3 is 0 Å². The van der Waals surface area contributed by atoms with Crippen molar-refractivity contribution >= 4 is 17.7 Å². The van der Waals surface area contributed by atoms with Gasteiger partial charge in [0.2, 0.25) is 5.91 Å². The molecular weight excluding hydrogens is 354 g/mol. The first kappa shape index (κ1) is 21.4. The van der Waals surface area contributed by atoms with Crippen LogP contribution in [0.5, 0.6) is 0 Å². The predicted octanol–water partition coefficient (Wildman–Crippen LogP) is 4.82. The van der Waals surface area contributed by atoms with Gasteiger partial charge in [-0.05, 0) is 62.5 Å². The highest BCUT2D eigenvalue weighted by atomic mass is 32.2. The van der Waals surface area contributed by atoms with Crippen LogP contribution in [0.3, 0.4) is 0 Å². The molecule has 1 aromatic carbocycles. The Labute approximate surface area is 167 Å². The zero-order valence-electron chi connectivity index (χ0n) is 17.3. The summed E-state index contributed by atoms with van der Waals surface area (Å²) in [4.78, 5) is 21.4. The van der Waals surface area contributed by atoms with Crippen molar-refractivity contribution in [3.05, 3.63) is 52.3 Å². The number of carbonyl (C=O) groups excluding carboxylic acids is 1. The lowest BCUT2D eigenvalue weighted by Gasteiger charge is -2.16. The van der Waals surface area contributed by atoms with E-state index < -0.39 is 0 Å². The van der Waals surface area contributed by atoms with Gasteiger partial charge in [0, 0.05) is 17.8 Å². The standard InChI is InChI=1S/C22H31N3OS/c1-14(2)13-18-7-9-19(10-8-18)15(3)23-21(26)12-11-20-16(4)24-22(27-6)25-17(20)5/h7-10,14-15H,11-13H2,1-6H3,(H,23,26)/t15-/m1/s1. The van der Waals surface area contributed by atoms with Crippen molar-refractivity contribution < 1.29 is 4.79 Å². The monoisotopic (exact) mass is 385 g/mol. The van der Waals surface area contributed by atoms with E-state index in [1.807, 2.05) is 27.0 Å². The molecule has 4 nitrogen and oxygen atoms in total. The molecule has 0 saturated heterocycles. The molecule has 27 heavy (non-hydrogen) atoms. The van der Waals surface area contributed by atoms with Gasteiger partial charge in [0.15, 0.2) is 5.16 Å². The van der Waals surface area contributed by atoms with Gasteiger partial charge < -0.3 is 5.32 Å². The molecule has 0 radical (unpaired) electrons. The molecule has 1 heterocycles. The molecule has 0 aliphatic heterocycles. The number of benzene rings is 1. The maximum absolute atomic E-state index is 12.4. The van der Waals surface area contributed by atoms with Crippen LogP contribution in [-0.4, -0.2) is 22.1 Å². The van der Waals surface area contributed by atoms with Crippen LogP contribution in [0.15, 0.2) is 29.4 Å². The molecule has 0 saturated carbocycles. The van der Waals surface area contributed by atoms with E-state index in [1.54, 1.807) is 0 Å². The van der Waals surface area contributed by atoms with E-state index in [0.717, 1.165) is 34.1 Å². The summed E-state index contributed by atoms with van der Waals surface area (Å²) in [5.74, 6) is 0.704. The molecule has 1 atom stereocenters. The fraction of sp³-hybridized carbons (Fsp3) is 0.500. The number of aryl methyl sites for hydroxylation is 2. The smallest absolute Gasteiger partial charge is 0.220 e. The summed E-state index contributed by atoms with van der Waals surface area (Å²) in [6, 6.07) is 8.56. The van der Waals surface area contributed by atoms with E-state index in [2.05, 4.69) is 53.4 Å². The Morgan fingerprint density at radius 3 is 2.19 bits per heavy atom. The molecule has 2 aromatic rings. The first-order valence-corrected chi connectivity index (χ1v) is 10.8. The highest BCUT2D eigenvalue weighted by Crippen LogP contribution is 2.18. The van der Waals surface area contributed by atoms with E-state index in [0.29, 0.717) is 18.8 Å². The average Bonchev–Trinajstić information content (AvgIpc) is 2.60. The summed E-state index contributed by atoms with van der Waals surface area (Å²) < 4.78 is 0. The quantitative estimate of drug-likeness (QED) is 0.523. The molecule has 0 aliphatic rings. The minimum absolute atomic E-state index is 0.00270. The van der Waals surface area contributed by atoms with Gasteiger partial charge in [0.1, 0.15) is 0 Å². The first-order valence-electron chi connectivity index (χ1n) is 9.56. The summed E-state index contributed by atoms with van der Waals surface area (Å²) in [6.07, 6.45) is 4.16. The zero-order chi connectivity index (χ0) is 20.0. The molecule has 1 N–H and O–H groups in total. The Kier molecular flexibility index (Phi) is 7.84. The molecule has 0 fully saturated rings. The van der Waals surface area contributed by atoms with Crippen LogP contribution in [0.4, 0.5) is 0 Å². The normalized spacial score (nSPS) is 12.3. The third-order valence-electron chi connectivity index (χ3n) is 4.69. The van der Waals surface area contributed by atoms with Gasteiger partial charge in [-0.15, -0.1) is 0 Å². The lowest BCUT2D eigenvalue weighted by molar-refractivity contribution is -0.121. The number of rotatable bonds is 8. The van der Waals surface area contributed by atoms with E-state index in [4.69, 9.17) is 0 Å². The summed E-state index contributed by atoms with van der Waals surface area (Å²) in [6.45, 7) is 10.5. The van der Waals surface area contributed by atoms with Crippen LogP contribution in [0.25, 0.3) is 0 Å². The number of carbonyl (C=O) groups is 1. The number of nitrogens with zero attached hydrogens (tertiary/aromatic N) is 2. The summed E-state index contributed by atoms with van der Waals surface area (Å²) >= 11 is 1.54. The van der Waals surface area contributed by atoms with Crippen molar-refractivity contribution in [1.29, 1.82) is 0 Å². The molecule has 1 aromatic heterocycles. The fourth-order valence-electron chi connectivity index (χ4n) is 3.21. The van der Waals surface area contributed by atoms with Crippen molar-refractivity contribution in [3.63, 3.8) is 0 Å². The van der Waals surface area contributed by atoms with Gasteiger partial charge in [-0.3, -0.25) is 4.79 Å². The molecule has 0 aliphatic carbocycles. The lowest BCUT2D eigenvalue weighted by Crippen LogP contribution is -2.27. The van der Waals surface area contributed by atoms with Crippen LogP contribution in [0.2, 0.25) is 0 Å². The SMILES string of the molecule is CSc1nc(C)c(CCC(=O)N[C@H](C)c2ccc(CC(C)C)cc2)c(C)n1. The van der Waals surface area contributed by atoms with Crippen molar-refractivity contribution in [3.8, 4) is 0 Å². The number of thioether (sulfide) groups is 1. The Morgan fingerprint density at radius 1 is 1.07 bits per heavy atom. The van der Waals surface area contributed by atoms with Crippen LogP contribution in [0.1, 0.15) is 61.3 Å². The summed E-state index contributed by atoms with van der Waals surface area (Å²) in [5, 5.41) is 3.89. The summed E-state index contributed by atoms with van der Waals surface area (Å²) in [7, 11) is 0. The van der Waals surface area contributed by atoms with Gasteiger partial charge in [0.25, 0.3) is 0 Å². The third kappa shape index (κ3) is 6.35. The molecule has 2 rings (SSSR count). The second kappa shape index (κ2) is 9.88. The molecule has 146 valence electrons. The molecule has 0 spiro atoms. The summed E-state index contributed by atoms with van der Waals surface area (Å²) in [5.41, 5.74) is 5.48. The first-order chi connectivity index (χ1) is 12.8. The van der Waals surface area contributed by atoms with E-state index in [-0.39, 0.29) is 11.9 Å². The average molecular weight is 386 g/mol. The zero-order valence-corrected chi connectivity index (χ0v) is 18.1. The minimum Gasteiger partial charge on any atom is -0.350 e. The Balaban J connectivity index is 1.92. The second-order valence-corrected chi connectivity index (χ2v) is 8.26. The molecule has 0 bridgehead atoms. The van der Waals surface area contributed by atoms with E-state index in [1.165, 1.54) is 17.3 Å². The van der Waals surface area contributed by atoms with Crippen molar-refractivity contribution in [2.45, 2.75) is 65.1 Å². The number of aromatic nitrogens is 2. The maximum Gasteiger partial charge on any atom is 0.220 e. The van der Waals surface area contributed by atoms with Gasteiger partial charge in [-0.1, -0.05) is 49.9 Å². The predicted molar refractivity (Wildman–Crippen MR) is 113 cm³/mol. The van der Waals surface area contributed by atoms with Crippen molar-refractivity contribution in [1.82, 2.24) is 15.3 Å². The van der Waals surface area contributed by atoms with Gasteiger partial charge in [0.05, 0.1) is 6.04 Å². The number of nitrogens with one attached hydrogen (secondary N) is 1. The van der Waals surface area contributed by atoms with Crippen molar-refractivity contribution in [2.24, 2.45) is 5.92 Å². The second-order valence-electron chi connectivity index (χ2n) is 7.49. The van der Waals surface area contributed by atoms with E-state index in [9.17, 15) is 4.79 Å². The van der Waals surface area contributed by atoms with Crippen LogP contribution < -0.4 is 5.32 Å². The Hall–Kier alpha value is -1.88. The molecular formula is C22H31N3OS. The highest BCUT2D eigenvalue weighted by Gasteiger charge is 2.13. The van der Waals surface area contributed by atoms with E-state index >= 15 is 0 Å². The number of hydrogen-bond acceptors (Lipinski definition) is 4. The number of hydrogen-bond donors (Lipinski definition) is 1. The van der Waals surface area contributed by atoms with Crippen molar-refractivity contribution in [2.75, 3.05) is 6.26 Å². The Morgan fingerprint density at radius 2 is 1.67 bits per heavy atom.